The van der Waals surface area contributed by atoms with Gasteiger partial charge in [-0.1, -0.05) is 23.7 Å². The maximum Gasteiger partial charge on any atom is 0.336 e. The van der Waals surface area contributed by atoms with E-state index < -0.39 is 17.8 Å². The van der Waals surface area contributed by atoms with Gasteiger partial charge in [0.15, 0.2) is 0 Å². The summed E-state index contributed by atoms with van der Waals surface area (Å²) in [5, 5.41) is 14.8. The third-order valence-electron chi connectivity index (χ3n) is 5.38. The van der Waals surface area contributed by atoms with Gasteiger partial charge in [0.1, 0.15) is 0 Å². The summed E-state index contributed by atoms with van der Waals surface area (Å²) in [6.07, 6.45) is 0. The standard InChI is InChI=1S/C25H22ClN3O5/c26-22-15-17(28-23(30)19-3-1-2-4-20(19)25(32)33)7-10-21(22)24(31)27-16-5-8-18(9-6-16)29-11-13-34-14-12-29/h1-10,15H,11-14H2,(H,27,31)(H,28,30)(H,32,33). The second-order valence-electron chi connectivity index (χ2n) is 7.60. The highest BCUT2D eigenvalue weighted by molar-refractivity contribution is 6.34. The van der Waals surface area contributed by atoms with Crippen molar-refractivity contribution in [3.8, 4) is 0 Å². The summed E-state index contributed by atoms with van der Waals surface area (Å²) in [5.41, 5.74) is 2.17. The molecule has 3 aromatic rings. The fourth-order valence-electron chi connectivity index (χ4n) is 3.62. The van der Waals surface area contributed by atoms with E-state index in [1.807, 2.05) is 24.3 Å². The van der Waals surface area contributed by atoms with Crippen LogP contribution < -0.4 is 15.5 Å². The van der Waals surface area contributed by atoms with Gasteiger partial charge in [0, 0.05) is 30.2 Å². The highest BCUT2D eigenvalue weighted by Gasteiger charge is 2.17. The van der Waals surface area contributed by atoms with Gasteiger partial charge in [-0.3, -0.25) is 9.59 Å². The highest BCUT2D eigenvalue weighted by atomic mass is 35.5. The molecule has 1 aliphatic heterocycles. The van der Waals surface area contributed by atoms with Crippen LogP contribution in [0.2, 0.25) is 5.02 Å². The van der Waals surface area contributed by atoms with Gasteiger partial charge in [0.05, 0.1) is 34.9 Å². The monoisotopic (exact) mass is 479 g/mol. The summed E-state index contributed by atoms with van der Waals surface area (Å²) in [4.78, 5) is 38.8. The van der Waals surface area contributed by atoms with Gasteiger partial charge < -0.3 is 25.4 Å². The van der Waals surface area contributed by atoms with Gasteiger partial charge in [0.2, 0.25) is 0 Å². The molecule has 0 radical (unpaired) electrons. The Hall–Kier alpha value is -3.88. The Morgan fingerprint density at radius 1 is 0.794 bits per heavy atom. The molecule has 0 spiro atoms. The molecule has 3 N–H and O–H groups in total. The number of aromatic carboxylic acids is 1. The van der Waals surface area contributed by atoms with Gasteiger partial charge in [0.25, 0.3) is 11.8 Å². The summed E-state index contributed by atoms with van der Waals surface area (Å²) in [7, 11) is 0. The van der Waals surface area contributed by atoms with Gasteiger partial charge in [-0.15, -0.1) is 0 Å². The number of morpholine rings is 1. The molecule has 0 aromatic heterocycles. The number of amides is 2. The molecule has 1 fully saturated rings. The maximum absolute atomic E-state index is 12.7. The van der Waals surface area contributed by atoms with E-state index in [2.05, 4.69) is 15.5 Å². The third kappa shape index (κ3) is 5.36. The van der Waals surface area contributed by atoms with Crippen LogP contribution in [0.4, 0.5) is 17.1 Å². The molecule has 9 heteroatoms. The van der Waals surface area contributed by atoms with E-state index in [-0.39, 0.29) is 21.7 Å². The third-order valence-corrected chi connectivity index (χ3v) is 5.69. The van der Waals surface area contributed by atoms with Gasteiger partial charge >= 0.3 is 5.97 Å². The van der Waals surface area contributed by atoms with Crippen LogP contribution in [0.15, 0.2) is 66.7 Å². The van der Waals surface area contributed by atoms with E-state index in [0.717, 1.165) is 18.8 Å². The number of ether oxygens (including phenoxy) is 1. The first kappa shape index (κ1) is 23.3. The number of hydrogen-bond donors (Lipinski definition) is 3. The normalized spacial score (nSPS) is 13.3. The van der Waals surface area contributed by atoms with Crippen LogP contribution in [0.3, 0.4) is 0 Å². The Labute approximate surface area is 201 Å². The molecule has 0 aliphatic carbocycles. The summed E-state index contributed by atoms with van der Waals surface area (Å²) in [5.74, 6) is -2.18. The fraction of sp³-hybridized carbons (Fsp3) is 0.160. The predicted molar refractivity (Wildman–Crippen MR) is 130 cm³/mol. The second kappa shape index (κ2) is 10.4. The zero-order chi connectivity index (χ0) is 24.1. The molecule has 1 saturated heterocycles. The van der Waals surface area contributed by atoms with E-state index in [0.29, 0.717) is 24.6 Å². The largest absolute Gasteiger partial charge is 0.478 e. The number of carbonyl (C=O) groups excluding carboxylic acids is 2. The predicted octanol–water partition coefficient (Wildman–Crippen LogP) is 4.38. The van der Waals surface area contributed by atoms with Crippen molar-refractivity contribution in [2.45, 2.75) is 0 Å². The molecule has 2 amide bonds. The summed E-state index contributed by atoms with van der Waals surface area (Å²) >= 11 is 6.30. The van der Waals surface area contributed by atoms with E-state index in [1.165, 1.54) is 30.3 Å². The Morgan fingerprint density at radius 2 is 1.38 bits per heavy atom. The molecular weight excluding hydrogens is 458 g/mol. The van der Waals surface area contributed by atoms with E-state index >= 15 is 0 Å². The Bertz CT molecular complexity index is 1220. The van der Waals surface area contributed by atoms with Crippen LogP contribution in [0.25, 0.3) is 0 Å². The molecule has 1 heterocycles. The minimum atomic E-state index is -1.20. The molecule has 174 valence electrons. The van der Waals surface area contributed by atoms with Crippen LogP contribution in [-0.4, -0.2) is 49.2 Å². The Balaban J connectivity index is 1.42. The first-order valence-electron chi connectivity index (χ1n) is 10.6. The van der Waals surface area contributed by atoms with Crippen LogP contribution in [0, 0.1) is 0 Å². The molecule has 0 atom stereocenters. The Morgan fingerprint density at radius 3 is 2.03 bits per heavy atom. The van der Waals surface area contributed by atoms with E-state index in [9.17, 15) is 19.5 Å². The van der Waals surface area contributed by atoms with Crippen molar-refractivity contribution >= 4 is 46.4 Å². The van der Waals surface area contributed by atoms with Crippen molar-refractivity contribution in [3.63, 3.8) is 0 Å². The zero-order valence-corrected chi connectivity index (χ0v) is 18.8. The van der Waals surface area contributed by atoms with E-state index in [4.69, 9.17) is 16.3 Å². The number of nitrogens with zero attached hydrogens (tertiary/aromatic N) is 1. The molecule has 0 saturated carbocycles. The van der Waals surface area contributed by atoms with Crippen LogP contribution >= 0.6 is 11.6 Å². The van der Waals surface area contributed by atoms with Gasteiger partial charge in [-0.2, -0.15) is 0 Å². The molecule has 4 rings (SSSR count). The first-order valence-corrected chi connectivity index (χ1v) is 11.0. The first-order chi connectivity index (χ1) is 16.4. The number of halogens is 1. The molecular formula is C25H22ClN3O5. The lowest BCUT2D eigenvalue weighted by molar-refractivity contribution is 0.0692. The topological polar surface area (TPSA) is 108 Å². The van der Waals surface area contributed by atoms with Gasteiger partial charge in [-0.05, 0) is 54.6 Å². The molecule has 0 unspecified atom stereocenters. The van der Waals surface area contributed by atoms with E-state index in [1.54, 1.807) is 12.1 Å². The number of hydrogen-bond acceptors (Lipinski definition) is 5. The average molecular weight is 480 g/mol. The zero-order valence-electron chi connectivity index (χ0n) is 18.1. The van der Waals surface area contributed by atoms with Gasteiger partial charge in [-0.25, -0.2) is 4.79 Å². The van der Waals surface area contributed by atoms with Crippen molar-refractivity contribution in [2.75, 3.05) is 41.8 Å². The maximum atomic E-state index is 12.7. The number of carbonyl (C=O) groups is 3. The molecule has 8 nitrogen and oxygen atoms in total. The summed E-state index contributed by atoms with van der Waals surface area (Å²) < 4.78 is 5.37. The fourth-order valence-corrected chi connectivity index (χ4v) is 3.88. The molecule has 1 aliphatic rings. The SMILES string of the molecule is O=C(Nc1ccc(N2CCOCC2)cc1)c1ccc(NC(=O)c2ccccc2C(=O)O)cc1Cl. The lowest BCUT2D eigenvalue weighted by Gasteiger charge is -2.28. The quantitative estimate of drug-likeness (QED) is 0.484. The van der Waals surface area contributed by atoms with Crippen molar-refractivity contribution in [1.82, 2.24) is 0 Å². The van der Waals surface area contributed by atoms with Crippen molar-refractivity contribution in [2.24, 2.45) is 0 Å². The van der Waals surface area contributed by atoms with Crippen molar-refractivity contribution in [3.05, 3.63) is 88.4 Å². The number of carboxylic acids is 1. The molecule has 0 bridgehead atoms. The number of nitrogens with one attached hydrogen (secondary N) is 2. The lowest BCUT2D eigenvalue weighted by Crippen LogP contribution is -2.36. The summed E-state index contributed by atoms with van der Waals surface area (Å²) in [6, 6.07) is 17.9. The average Bonchev–Trinajstić information content (AvgIpc) is 2.85. The van der Waals surface area contributed by atoms with Crippen LogP contribution in [-0.2, 0) is 4.74 Å². The Kier molecular flexibility index (Phi) is 7.10. The van der Waals surface area contributed by atoms with Crippen molar-refractivity contribution < 1.29 is 24.2 Å². The highest BCUT2D eigenvalue weighted by Crippen LogP contribution is 2.24. The molecule has 3 aromatic carbocycles. The number of benzene rings is 3. The summed E-state index contributed by atoms with van der Waals surface area (Å²) in [6.45, 7) is 3.04. The second-order valence-corrected chi connectivity index (χ2v) is 8.01. The molecule has 34 heavy (non-hydrogen) atoms. The van der Waals surface area contributed by atoms with Crippen molar-refractivity contribution in [1.29, 1.82) is 0 Å². The minimum Gasteiger partial charge on any atom is -0.478 e. The number of carboxylic acid groups (broad SMARTS) is 1. The minimum absolute atomic E-state index is 0.0217. The van der Waals surface area contributed by atoms with Crippen LogP contribution in [0.5, 0.6) is 0 Å². The van der Waals surface area contributed by atoms with Crippen LogP contribution in [0.1, 0.15) is 31.1 Å². The smallest absolute Gasteiger partial charge is 0.336 e. The lowest BCUT2D eigenvalue weighted by atomic mass is 10.1. The number of anilines is 3. The number of rotatable bonds is 6.